The predicted octanol–water partition coefficient (Wildman–Crippen LogP) is 2.35. The largest absolute Gasteiger partial charge is 0.497 e. The highest BCUT2D eigenvalue weighted by Crippen LogP contribution is 2.32. The van der Waals surface area contributed by atoms with Crippen molar-refractivity contribution in [3.8, 4) is 23.4 Å². The lowest BCUT2D eigenvalue weighted by atomic mass is 10.1. The summed E-state index contributed by atoms with van der Waals surface area (Å²) in [6.07, 6.45) is 0. The molecule has 0 aliphatic rings. The van der Waals surface area contributed by atoms with Crippen molar-refractivity contribution >= 4 is 5.69 Å². The van der Waals surface area contributed by atoms with Gasteiger partial charge in [0.25, 0.3) is 5.88 Å². The molecule has 102 valence electrons. The number of nitriles is 1. The smallest absolute Gasteiger partial charge is 0.257 e. The van der Waals surface area contributed by atoms with Crippen LogP contribution in [0.1, 0.15) is 16.8 Å². The lowest BCUT2D eigenvalue weighted by molar-refractivity contribution is 0.406. The van der Waals surface area contributed by atoms with Gasteiger partial charge < -0.3 is 15.2 Å². The summed E-state index contributed by atoms with van der Waals surface area (Å²) in [5.74, 6) is 1.11. The highest BCUT2D eigenvalue weighted by atomic mass is 16.5. The molecule has 0 bridgehead atoms. The molecule has 6 nitrogen and oxygen atoms in total. The summed E-state index contributed by atoms with van der Waals surface area (Å²) < 4.78 is 10.7. The Bertz CT molecular complexity index is 692. The van der Waals surface area contributed by atoms with Gasteiger partial charge in [0.15, 0.2) is 5.75 Å². The SMILES string of the molecule is COc1ccc(N)c(Oc2nnc(C)c(C)c2C#N)c1. The molecule has 1 aromatic carbocycles. The van der Waals surface area contributed by atoms with Crippen molar-refractivity contribution in [3.05, 3.63) is 35.0 Å². The molecule has 0 saturated heterocycles. The second-order valence-corrected chi connectivity index (χ2v) is 4.21. The van der Waals surface area contributed by atoms with Crippen molar-refractivity contribution in [3.63, 3.8) is 0 Å². The maximum Gasteiger partial charge on any atom is 0.257 e. The van der Waals surface area contributed by atoms with Crippen molar-refractivity contribution < 1.29 is 9.47 Å². The Labute approximate surface area is 116 Å². The van der Waals surface area contributed by atoms with Crippen LogP contribution in [0, 0.1) is 25.2 Å². The molecule has 0 spiro atoms. The van der Waals surface area contributed by atoms with Crippen molar-refractivity contribution in [2.75, 3.05) is 12.8 Å². The second-order valence-electron chi connectivity index (χ2n) is 4.21. The van der Waals surface area contributed by atoms with Gasteiger partial charge in [0.05, 0.1) is 18.5 Å². The van der Waals surface area contributed by atoms with Gasteiger partial charge in [-0.3, -0.25) is 0 Å². The number of anilines is 1. The van der Waals surface area contributed by atoms with Gasteiger partial charge in [0, 0.05) is 6.07 Å². The fraction of sp³-hybridized carbons (Fsp3) is 0.214. The van der Waals surface area contributed by atoms with Crippen LogP contribution in [0.5, 0.6) is 17.4 Å². The molecule has 1 heterocycles. The maximum atomic E-state index is 9.22. The van der Waals surface area contributed by atoms with Gasteiger partial charge in [0.1, 0.15) is 17.4 Å². The topological polar surface area (TPSA) is 94.1 Å². The minimum atomic E-state index is 0.135. The Balaban J connectivity index is 2.45. The molecule has 6 heteroatoms. The highest BCUT2D eigenvalue weighted by Gasteiger charge is 2.14. The number of nitrogens with two attached hydrogens (primary N) is 1. The van der Waals surface area contributed by atoms with E-state index in [2.05, 4.69) is 16.3 Å². The Kier molecular flexibility index (Phi) is 3.71. The Hall–Kier alpha value is -2.81. The van der Waals surface area contributed by atoms with Crippen LogP contribution in [0.3, 0.4) is 0 Å². The van der Waals surface area contributed by atoms with Gasteiger partial charge in [-0.05, 0) is 31.5 Å². The summed E-state index contributed by atoms with van der Waals surface area (Å²) >= 11 is 0. The minimum Gasteiger partial charge on any atom is -0.497 e. The van der Waals surface area contributed by atoms with E-state index in [1.165, 1.54) is 0 Å². The van der Waals surface area contributed by atoms with Crippen LogP contribution >= 0.6 is 0 Å². The summed E-state index contributed by atoms with van der Waals surface area (Å²) in [7, 11) is 1.55. The number of methoxy groups -OCH3 is 1. The number of nitrogen functional groups attached to an aromatic ring is 1. The van der Waals surface area contributed by atoms with Crippen LogP contribution in [0.2, 0.25) is 0 Å². The molecule has 0 saturated carbocycles. The van der Waals surface area contributed by atoms with Gasteiger partial charge >= 0.3 is 0 Å². The molecule has 0 aliphatic carbocycles. The molecule has 1 aromatic heterocycles. The number of ether oxygens (including phenoxy) is 2. The molecule has 0 radical (unpaired) electrons. The number of hydrogen-bond acceptors (Lipinski definition) is 6. The zero-order valence-corrected chi connectivity index (χ0v) is 11.5. The van der Waals surface area contributed by atoms with Gasteiger partial charge in [-0.25, -0.2) is 0 Å². The van der Waals surface area contributed by atoms with E-state index < -0.39 is 0 Å². The standard InChI is InChI=1S/C14H14N4O2/c1-8-9(2)17-18-14(11(8)7-15)20-13-6-10(19-3)4-5-12(13)16/h4-6H,16H2,1-3H3. The number of nitrogens with zero attached hydrogens (tertiary/aromatic N) is 3. The molecule has 0 unspecified atom stereocenters. The minimum absolute atomic E-state index is 0.135. The average Bonchev–Trinajstić information content (AvgIpc) is 2.45. The summed E-state index contributed by atoms with van der Waals surface area (Å²) in [5, 5.41) is 17.1. The van der Waals surface area contributed by atoms with Crippen LogP contribution < -0.4 is 15.2 Å². The summed E-state index contributed by atoms with van der Waals surface area (Å²) in [6.45, 7) is 3.58. The van der Waals surface area contributed by atoms with E-state index in [1.54, 1.807) is 39.2 Å². The Morgan fingerprint density at radius 1 is 1.25 bits per heavy atom. The summed E-state index contributed by atoms with van der Waals surface area (Å²) in [6, 6.07) is 7.09. The van der Waals surface area contributed by atoms with E-state index in [9.17, 15) is 5.26 Å². The molecule has 0 fully saturated rings. The van der Waals surface area contributed by atoms with E-state index in [1.807, 2.05) is 0 Å². The Morgan fingerprint density at radius 2 is 2.00 bits per heavy atom. The maximum absolute atomic E-state index is 9.22. The van der Waals surface area contributed by atoms with Crippen LogP contribution in [0.25, 0.3) is 0 Å². The molecule has 0 atom stereocenters. The third kappa shape index (κ3) is 2.47. The van der Waals surface area contributed by atoms with E-state index in [-0.39, 0.29) is 5.88 Å². The van der Waals surface area contributed by atoms with E-state index >= 15 is 0 Å². The first-order chi connectivity index (χ1) is 9.56. The normalized spacial score (nSPS) is 9.90. The number of hydrogen-bond donors (Lipinski definition) is 1. The molecule has 2 rings (SSSR count). The van der Waals surface area contributed by atoms with Gasteiger partial charge in [-0.1, -0.05) is 0 Å². The Morgan fingerprint density at radius 3 is 2.65 bits per heavy atom. The predicted molar refractivity (Wildman–Crippen MR) is 73.7 cm³/mol. The van der Waals surface area contributed by atoms with Crippen molar-refractivity contribution in [2.45, 2.75) is 13.8 Å². The van der Waals surface area contributed by atoms with Gasteiger partial charge in [-0.2, -0.15) is 10.4 Å². The number of benzene rings is 1. The van der Waals surface area contributed by atoms with Crippen LogP contribution in [-0.2, 0) is 0 Å². The van der Waals surface area contributed by atoms with Crippen molar-refractivity contribution in [1.82, 2.24) is 10.2 Å². The monoisotopic (exact) mass is 270 g/mol. The molecule has 0 aliphatic heterocycles. The third-order valence-electron chi connectivity index (χ3n) is 2.96. The first-order valence-corrected chi connectivity index (χ1v) is 5.92. The molecule has 2 aromatic rings. The van der Waals surface area contributed by atoms with Crippen LogP contribution in [0.4, 0.5) is 5.69 Å². The quantitative estimate of drug-likeness (QED) is 0.860. The van der Waals surface area contributed by atoms with Crippen LogP contribution in [0.15, 0.2) is 18.2 Å². The van der Waals surface area contributed by atoms with E-state index in [0.717, 1.165) is 5.56 Å². The fourth-order valence-electron chi connectivity index (χ4n) is 1.62. The number of aromatic nitrogens is 2. The van der Waals surface area contributed by atoms with E-state index in [0.29, 0.717) is 28.4 Å². The van der Waals surface area contributed by atoms with Crippen LogP contribution in [-0.4, -0.2) is 17.3 Å². The number of rotatable bonds is 3. The molecule has 0 amide bonds. The average molecular weight is 270 g/mol. The summed E-state index contributed by atoms with van der Waals surface area (Å²) in [5.41, 5.74) is 8.04. The first kappa shape index (κ1) is 13.6. The lowest BCUT2D eigenvalue weighted by Gasteiger charge is -2.11. The second kappa shape index (κ2) is 5.45. The molecule has 2 N–H and O–H groups in total. The summed E-state index contributed by atoms with van der Waals surface area (Å²) in [4.78, 5) is 0. The van der Waals surface area contributed by atoms with Gasteiger partial charge in [0.2, 0.25) is 0 Å². The zero-order chi connectivity index (χ0) is 14.7. The molecular weight excluding hydrogens is 256 g/mol. The van der Waals surface area contributed by atoms with Crippen molar-refractivity contribution in [2.24, 2.45) is 0 Å². The number of aryl methyl sites for hydroxylation is 1. The van der Waals surface area contributed by atoms with E-state index in [4.69, 9.17) is 15.2 Å². The fourth-order valence-corrected chi connectivity index (χ4v) is 1.62. The zero-order valence-electron chi connectivity index (χ0n) is 11.5. The van der Waals surface area contributed by atoms with Crippen molar-refractivity contribution in [1.29, 1.82) is 5.26 Å². The lowest BCUT2D eigenvalue weighted by Crippen LogP contribution is -2.02. The third-order valence-corrected chi connectivity index (χ3v) is 2.96. The molecular formula is C14H14N4O2. The molecule has 20 heavy (non-hydrogen) atoms. The highest BCUT2D eigenvalue weighted by molar-refractivity contribution is 5.58. The van der Waals surface area contributed by atoms with Gasteiger partial charge in [-0.15, -0.1) is 5.10 Å². The first-order valence-electron chi connectivity index (χ1n) is 5.92.